The van der Waals surface area contributed by atoms with Crippen LogP contribution in [0.4, 0.5) is 9.52 Å². The standard InChI is InChI=1S/C22H26FN3O2S/c1-2-16(13-23)15-27-17-6-8-19-20(12-17)28-21(25-19)9-7-18-14-24-22(29-18)26-10-4-3-5-11-26/h6-9,12,14,16H,2-5,10-11,13,15H2,1H3/b9-7+. The Labute approximate surface area is 174 Å². The normalized spacial score (nSPS) is 16.0. The lowest BCUT2D eigenvalue weighted by Crippen LogP contribution is -2.29. The van der Waals surface area contributed by atoms with Crippen LogP contribution in [-0.4, -0.2) is 36.3 Å². The van der Waals surface area contributed by atoms with Crippen molar-refractivity contribution in [1.82, 2.24) is 9.97 Å². The summed E-state index contributed by atoms with van der Waals surface area (Å²) in [6.07, 6.45) is 10.3. The topological polar surface area (TPSA) is 51.4 Å². The molecule has 0 bridgehead atoms. The zero-order valence-electron chi connectivity index (χ0n) is 16.6. The van der Waals surface area contributed by atoms with Gasteiger partial charge in [-0.2, -0.15) is 0 Å². The van der Waals surface area contributed by atoms with Gasteiger partial charge in [0, 0.05) is 42.2 Å². The van der Waals surface area contributed by atoms with Crippen LogP contribution in [0, 0.1) is 5.92 Å². The Hall–Kier alpha value is -2.41. The number of ether oxygens (including phenoxy) is 1. The largest absolute Gasteiger partial charge is 0.493 e. The molecule has 0 aliphatic carbocycles. The van der Waals surface area contributed by atoms with Crippen molar-refractivity contribution < 1.29 is 13.5 Å². The lowest BCUT2D eigenvalue weighted by atomic mass is 10.1. The van der Waals surface area contributed by atoms with Crippen LogP contribution in [0.2, 0.25) is 0 Å². The minimum Gasteiger partial charge on any atom is -0.493 e. The summed E-state index contributed by atoms with van der Waals surface area (Å²) in [6, 6.07) is 5.52. The lowest BCUT2D eigenvalue weighted by Gasteiger charge is -2.25. The van der Waals surface area contributed by atoms with Crippen LogP contribution in [0.25, 0.3) is 23.3 Å². The van der Waals surface area contributed by atoms with Crippen LogP contribution in [-0.2, 0) is 0 Å². The first-order chi connectivity index (χ1) is 14.2. The number of piperidine rings is 1. The summed E-state index contributed by atoms with van der Waals surface area (Å²) in [6.45, 7) is 4.15. The van der Waals surface area contributed by atoms with E-state index in [0.29, 0.717) is 23.8 Å². The van der Waals surface area contributed by atoms with Gasteiger partial charge < -0.3 is 14.1 Å². The number of thiazole rings is 1. The summed E-state index contributed by atoms with van der Waals surface area (Å²) in [5.74, 6) is 1.14. The van der Waals surface area contributed by atoms with Gasteiger partial charge in [-0.3, -0.25) is 4.39 Å². The van der Waals surface area contributed by atoms with Gasteiger partial charge >= 0.3 is 0 Å². The molecule has 154 valence electrons. The number of hydrogen-bond donors (Lipinski definition) is 0. The predicted molar refractivity (Wildman–Crippen MR) is 116 cm³/mol. The van der Waals surface area contributed by atoms with Crippen molar-refractivity contribution in [3.63, 3.8) is 0 Å². The molecule has 7 heteroatoms. The highest BCUT2D eigenvalue weighted by Crippen LogP contribution is 2.27. The van der Waals surface area contributed by atoms with Crippen LogP contribution < -0.4 is 9.64 Å². The molecule has 1 atom stereocenters. The Kier molecular flexibility index (Phi) is 6.44. The van der Waals surface area contributed by atoms with Gasteiger partial charge in [0.2, 0.25) is 5.89 Å². The minimum absolute atomic E-state index is 0.0758. The van der Waals surface area contributed by atoms with Crippen molar-refractivity contribution in [3.8, 4) is 5.75 Å². The summed E-state index contributed by atoms with van der Waals surface area (Å²) in [7, 11) is 0. The molecule has 0 radical (unpaired) electrons. The van der Waals surface area contributed by atoms with Crippen LogP contribution in [0.1, 0.15) is 43.4 Å². The summed E-state index contributed by atoms with van der Waals surface area (Å²) in [5.41, 5.74) is 1.43. The fourth-order valence-electron chi connectivity index (χ4n) is 3.31. The summed E-state index contributed by atoms with van der Waals surface area (Å²) in [4.78, 5) is 12.5. The zero-order chi connectivity index (χ0) is 20.1. The van der Waals surface area contributed by atoms with Gasteiger partial charge in [0.1, 0.15) is 11.3 Å². The molecule has 1 saturated heterocycles. The molecule has 0 N–H and O–H groups in total. The fraction of sp³-hybridized carbons (Fsp3) is 0.455. The average Bonchev–Trinajstić information content (AvgIpc) is 3.40. The maximum Gasteiger partial charge on any atom is 0.220 e. The third kappa shape index (κ3) is 4.96. The molecule has 29 heavy (non-hydrogen) atoms. The molecular weight excluding hydrogens is 389 g/mol. The zero-order valence-corrected chi connectivity index (χ0v) is 17.5. The van der Waals surface area contributed by atoms with E-state index < -0.39 is 0 Å². The number of aromatic nitrogens is 2. The predicted octanol–water partition coefficient (Wildman–Crippen LogP) is 5.82. The number of fused-ring (bicyclic) bond motifs is 1. The highest BCUT2D eigenvalue weighted by atomic mass is 32.1. The molecule has 2 aromatic heterocycles. The molecule has 1 aliphatic heterocycles. The van der Waals surface area contributed by atoms with E-state index in [2.05, 4.69) is 14.9 Å². The minimum atomic E-state index is -0.368. The Morgan fingerprint density at radius 2 is 2.14 bits per heavy atom. The molecule has 0 spiro atoms. The number of rotatable bonds is 8. The second kappa shape index (κ2) is 9.39. The van der Waals surface area contributed by atoms with Crippen molar-refractivity contribution in [1.29, 1.82) is 0 Å². The third-order valence-corrected chi connectivity index (χ3v) is 6.21. The highest BCUT2D eigenvalue weighted by molar-refractivity contribution is 7.16. The van der Waals surface area contributed by atoms with Crippen molar-refractivity contribution in [2.24, 2.45) is 5.92 Å². The highest BCUT2D eigenvalue weighted by Gasteiger charge is 2.14. The maximum atomic E-state index is 12.8. The van der Waals surface area contributed by atoms with Crippen molar-refractivity contribution in [2.45, 2.75) is 32.6 Å². The molecular formula is C22H26FN3O2S. The first-order valence-corrected chi connectivity index (χ1v) is 11.0. The Morgan fingerprint density at radius 1 is 1.28 bits per heavy atom. The van der Waals surface area contributed by atoms with E-state index in [4.69, 9.17) is 9.15 Å². The average molecular weight is 416 g/mol. The molecule has 1 unspecified atom stereocenters. The smallest absolute Gasteiger partial charge is 0.220 e. The molecule has 4 rings (SSSR count). The quantitative estimate of drug-likeness (QED) is 0.464. The number of hydrogen-bond acceptors (Lipinski definition) is 6. The van der Waals surface area contributed by atoms with Crippen molar-refractivity contribution in [2.75, 3.05) is 31.3 Å². The van der Waals surface area contributed by atoms with Crippen LogP contribution >= 0.6 is 11.3 Å². The number of alkyl halides is 1. The monoisotopic (exact) mass is 415 g/mol. The van der Waals surface area contributed by atoms with E-state index in [1.807, 2.05) is 43.5 Å². The van der Waals surface area contributed by atoms with E-state index in [9.17, 15) is 4.39 Å². The van der Waals surface area contributed by atoms with E-state index in [-0.39, 0.29) is 12.6 Å². The van der Waals surface area contributed by atoms with Crippen LogP contribution in [0.5, 0.6) is 5.75 Å². The Morgan fingerprint density at radius 3 is 2.93 bits per heavy atom. The summed E-state index contributed by atoms with van der Waals surface area (Å²) in [5, 5.41) is 1.09. The van der Waals surface area contributed by atoms with E-state index in [1.54, 1.807) is 11.3 Å². The molecule has 1 aliphatic rings. The summed E-state index contributed by atoms with van der Waals surface area (Å²) < 4.78 is 24.4. The SMILES string of the molecule is CCC(CF)COc1ccc2nc(/C=C/c3cnc(N4CCCCC4)s3)oc2c1. The van der Waals surface area contributed by atoms with Crippen LogP contribution in [0.15, 0.2) is 28.8 Å². The molecule has 3 heterocycles. The molecule has 0 amide bonds. The second-order valence-corrected chi connectivity index (χ2v) is 8.39. The number of oxazole rings is 1. The number of anilines is 1. The van der Waals surface area contributed by atoms with E-state index in [0.717, 1.165) is 35.0 Å². The van der Waals surface area contributed by atoms with Gasteiger partial charge in [-0.15, -0.1) is 0 Å². The van der Waals surface area contributed by atoms with Gasteiger partial charge in [-0.05, 0) is 43.9 Å². The second-order valence-electron chi connectivity index (χ2n) is 7.35. The number of halogens is 1. The van der Waals surface area contributed by atoms with Gasteiger partial charge in [0.15, 0.2) is 10.7 Å². The molecule has 0 saturated carbocycles. The van der Waals surface area contributed by atoms with E-state index >= 15 is 0 Å². The molecule has 1 aromatic carbocycles. The van der Waals surface area contributed by atoms with Crippen molar-refractivity contribution >= 4 is 39.7 Å². The first-order valence-electron chi connectivity index (χ1n) is 10.2. The number of nitrogens with zero attached hydrogens (tertiary/aromatic N) is 3. The fourth-order valence-corrected chi connectivity index (χ4v) is 4.18. The summed E-state index contributed by atoms with van der Waals surface area (Å²) >= 11 is 1.69. The molecule has 1 fully saturated rings. The van der Waals surface area contributed by atoms with Crippen molar-refractivity contribution in [3.05, 3.63) is 35.2 Å². The van der Waals surface area contributed by atoms with Gasteiger partial charge in [0.25, 0.3) is 0 Å². The Balaban J connectivity index is 1.42. The van der Waals surface area contributed by atoms with Crippen LogP contribution in [0.3, 0.4) is 0 Å². The maximum absolute atomic E-state index is 12.8. The van der Waals surface area contributed by atoms with Gasteiger partial charge in [-0.25, -0.2) is 9.97 Å². The number of benzene rings is 1. The lowest BCUT2D eigenvalue weighted by molar-refractivity contribution is 0.212. The molecule has 3 aromatic rings. The third-order valence-electron chi connectivity index (χ3n) is 5.19. The van der Waals surface area contributed by atoms with E-state index in [1.165, 1.54) is 19.3 Å². The van der Waals surface area contributed by atoms with Gasteiger partial charge in [-0.1, -0.05) is 18.3 Å². The first kappa shape index (κ1) is 19.9. The Bertz CT molecular complexity index is 958. The van der Waals surface area contributed by atoms with Gasteiger partial charge in [0.05, 0.1) is 13.3 Å². The molecule has 5 nitrogen and oxygen atoms in total.